The molecule has 86 valence electrons. The number of rotatable bonds is 2. The predicted molar refractivity (Wildman–Crippen MR) is 63.0 cm³/mol. The third-order valence-corrected chi connectivity index (χ3v) is 3.02. The highest BCUT2D eigenvalue weighted by molar-refractivity contribution is 5.78. The zero-order valence-electron chi connectivity index (χ0n) is 9.56. The first-order chi connectivity index (χ1) is 7.86. The average Bonchev–Trinajstić information content (AvgIpc) is 2.59. The molecular formula is C13H18N2O. The minimum atomic E-state index is 0.223. The van der Waals surface area contributed by atoms with Crippen LogP contribution in [0.15, 0.2) is 24.4 Å². The van der Waals surface area contributed by atoms with Crippen molar-refractivity contribution in [3.05, 3.63) is 30.1 Å². The van der Waals surface area contributed by atoms with E-state index in [0.29, 0.717) is 6.42 Å². The highest BCUT2D eigenvalue weighted by Crippen LogP contribution is 2.11. The molecule has 16 heavy (non-hydrogen) atoms. The van der Waals surface area contributed by atoms with Crippen molar-refractivity contribution < 1.29 is 4.79 Å². The average molecular weight is 218 g/mol. The van der Waals surface area contributed by atoms with Crippen molar-refractivity contribution in [2.45, 2.75) is 32.1 Å². The Morgan fingerprint density at radius 1 is 1.19 bits per heavy atom. The maximum Gasteiger partial charge on any atom is 0.228 e. The van der Waals surface area contributed by atoms with E-state index in [4.69, 9.17) is 0 Å². The van der Waals surface area contributed by atoms with Crippen LogP contribution < -0.4 is 0 Å². The first kappa shape index (κ1) is 11.1. The van der Waals surface area contributed by atoms with Crippen LogP contribution in [0.5, 0.6) is 0 Å². The van der Waals surface area contributed by atoms with E-state index in [-0.39, 0.29) is 5.91 Å². The van der Waals surface area contributed by atoms with Crippen LogP contribution in [0.25, 0.3) is 0 Å². The molecule has 0 N–H and O–H groups in total. The van der Waals surface area contributed by atoms with Crippen molar-refractivity contribution in [1.82, 2.24) is 9.88 Å². The van der Waals surface area contributed by atoms with E-state index in [0.717, 1.165) is 31.6 Å². The fourth-order valence-corrected chi connectivity index (χ4v) is 2.09. The first-order valence-corrected chi connectivity index (χ1v) is 6.04. The standard InChI is InChI=1S/C13H18N2O/c16-13(11-12-7-3-4-8-14-12)15-9-5-1-2-6-10-15/h3-4,7-8H,1-2,5-6,9-11H2. The number of likely N-dealkylation sites (tertiary alicyclic amines) is 1. The monoisotopic (exact) mass is 218 g/mol. The molecule has 1 aromatic rings. The summed E-state index contributed by atoms with van der Waals surface area (Å²) in [6, 6.07) is 5.72. The molecule has 1 aromatic heterocycles. The Kier molecular flexibility index (Phi) is 3.91. The van der Waals surface area contributed by atoms with Crippen LogP contribution >= 0.6 is 0 Å². The molecule has 0 aromatic carbocycles. The molecule has 0 aliphatic carbocycles. The lowest BCUT2D eigenvalue weighted by Gasteiger charge is -2.19. The second kappa shape index (κ2) is 5.64. The summed E-state index contributed by atoms with van der Waals surface area (Å²) in [5, 5.41) is 0. The van der Waals surface area contributed by atoms with Gasteiger partial charge in [-0.15, -0.1) is 0 Å². The van der Waals surface area contributed by atoms with Gasteiger partial charge in [-0.05, 0) is 25.0 Å². The van der Waals surface area contributed by atoms with E-state index in [1.807, 2.05) is 23.1 Å². The number of carbonyl (C=O) groups excluding carboxylic acids is 1. The fourth-order valence-electron chi connectivity index (χ4n) is 2.09. The number of pyridine rings is 1. The van der Waals surface area contributed by atoms with Gasteiger partial charge < -0.3 is 4.90 Å². The largest absolute Gasteiger partial charge is 0.342 e. The van der Waals surface area contributed by atoms with E-state index >= 15 is 0 Å². The number of amides is 1. The van der Waals surface area contributed by atoms with Crippen LogP contribution in [0.3, 0.4) is 0 Å². The zero-order chi connectivity index (χ0) is 11.2. The summed E-state index contributed by atoms with van der Waals surface area (Å²) in [4.78, 5) is 18.2. The van der Waals surface area contributed by atoms with Gasteiger partial charge in [0.1, 0.15) is 0 Å². The van der Waals surface area contributed by atoms with Crippen LogP contribution in [-0.4, -0.2) is 28.9 Å². The molecular weight excluding hydrogens is 200 g/mol. The maximum atomic E-state index is 12.0. The SMILES string of the molecule is O=C(Cc1ccccn1)N1CCCCCC1. The van der Waals surface area contributed by atoms with Gasteiger partial charge in [-0.2, -0.15) is 0 Å². The Balaban J connectivity index is 1.92. The molecule has 0 saturated carbocycles. The van der Waals surface area contributed by atoms with Gasteiger partial charge in [0, 0.05) is 25.0 Å². The van der Waals surface area contributed by atoms with E-state index in [9.17, 15) is 4.79 Å². The van der Waals surface area contributed by atoms with Gasteiger partial charge in [0.15, 0.2) is 0 Å². The third kappa shape index (κ3) is 3.05. The summed E-state index contributed by atoms with van der Waals surface area (Å²) in [6.07, 6.45) is 6.99. The summed E-state index contributed by atoms with van der Waals surface area (Å²) in [5.41, 5.74) is 0.872. The molecule has 1 aliphatic rings. The summed E-state index contributed by atoms with van der Waals surface area (Å²) in [5.74, 6) is 0.223. The van der Waals surface area contributed by atoms with Gasteiger partial charge in [-0.3, -0.25) is 9.78 Å². The molecule has 3 heteroatoms. The topological polar surface area (TPSA) is 33.2 Å². The van der Waals surface area contributed by atoms with Crippen LogP contribution in [0.4, 0.5) is 0 Å². The van der Waals surface area contributed by atoms with Crippen LogP contribution in [0, 0.1) is 0 Å². The Morgan fingerprint density at radius 3 is 2.56 bits per heavy atom. The van der Waals surface area contributed by atoms with Gasteiger partial charge in [-0.25, -0.2) is 0 Å². The molecule has 1 saturated heterocycles. The van der Waals surface area contributed by atoms with Crippen molar-refractivity contribution >= 4 is 5.91 Å². The highest BCUT2D eigenvalue weighted by Gasteiger charge is 2.15. The van der Waals surface area contributed by atoms with E-state index in [2.05, 4.69) is 4.98 Å². The molecule has 1 aliphatic heterocycles. The second-order valence-electron chi connectivity index (χ2n) is 4.29. The minimum absolute atomic E-state index is 0.223. The van der Waals surface area contributed by atoms with Gasteiger partial charge >= 0.3 is 0 Å². The molecule has 1 amide bonds. The summed E-state index contributed by atoms with van der Waals surface area (Å²) in [7, 11) is 0. The molecule has 1 fully saturated rings. The Bertz CT molecular complexity index is 329. The zero-order valence-corrected chi connectivity index (χ0v) is 9.56. The van der Waals surface area contributed by atoms with Gasteiger partial charge in [-0.1, -0.05) is 18.9 Å². The number of carbonyl (C=O) groups is 1. The molecule has 0 bridgehead atoms. The molecule has 2 rings (SSSR count). The quantitative estimate of drug-likeness (QED) is 0.761. The lowest BCUT2D eigenvalue weighted by molar-refractivity contribution is -0.130. The van der Waals surface area contributed by atoms with E-state index in [1.54, 1.807) is 6.20 Å². The van der Waals surface area contributed by atoms with E-state index in [1.165, 1.54) is 12.8 Å². The third-order valence-electron chi connectivity index (χ3n) is 3.02. The number of hydrogen-bond donors (Lipinski definition) is 0. The van der Waals surface area contributed by atoms with Crippen LogP contribution in [-0.2, 0) is 11.2 Å². The lowest BCUT2D eigenvalue weighted by atomic mass is 10.2. The number of nitrogens with zero attached hydrogens (tertiary/aromatic N) is 2. The molecule has 0 radical (unpaired) electrons. The van der Waals surface area contributed by atoms with Crippen LogP contribution in [0.2, 0.25) is 0 Å². The minimum Gasteiger partial charge on any atom is -0.342 e. The highest BCUT2D eigenvalue weighted by atomic mass is 16.2. The van der Waals surface area contributed by atoms with Gasteiger partial charge in [0.05, 0.1) is 6.42 Å². The Labute approximate surface area is 96.5 Å². The van der Waals surface area contributed by atoms with Gasteiger partial charge in [0.2, 0.25) is 5.91 Å². The summed E-state index contributed by atoms with van der Waals surface area (Å²) >= 11 is 0. The van der Waals surface area contributed by atoms with Crippen molar-refractivity contribution in [3.63, 3.8) is 0 Å². The lowest BCUT2D eigenvalue weighted by Crippen LogP contribution is -2.33. The van der Waals surface area contributed by atoms with Crippen molar-refractivity contribution in [1.29, 1.82) is 0 Å². The van der Waals surface area contributed by atoms with Crippen molar-refractivity contribution in [3.8, 4) is 0 Å². The molecule has 2 heterocycles. The van der Waals surface area contributed by atoms with Crippen molar-refractivity contribution in [2.24, 2.45) is 0 Å². The molecule has 0 atom stereocenters. The van der Waals surface area contributed by atoms with Gasteiger partial charge in [0.25, 0.3) is 0 Å². The van der Waals surface area contributed by atoms with E-state index < -0.39 is 0 Å². The fraction of sp³-hybridized carbons (Fsp3) is 0.538. The summed E-state index contributed by atoms with van der Waals surface area (Å²) < 4.78 is 0. The molecule has 0 spiro atoms. The number of aromatic nitrogens is 1. The van der Waals surface area contributed by atoms with Crippen LogP contribution in [0.1, 0.15) is 31.4 Å². The summed E-state index contributed by atoms with van der Waals surface area (Å²) in [6.45, 7) is 1.84. The normalized spacial score (nSPS) is 16.9. The van der Waals surface area contributed by atoms with Crippen molar-refractivity contribution in [2.75, 3.05) is 13.1 Å². The Hall–Kier alpha value is -1.38. The number of hydrogen-bond acceptors (Lipinski definition) is 2. The maximum absolute atomic E-state index is 12.0. The first-order valence-electron chi connectivity index (χ1n) is 6.04. The second-order valence-corrected chi connectivity index (χ2v) is 4.29. The Morgan fingerprint density at radius 2 is 1.94 bits per heavy atom. The molecule has 0 unspecified atom stereocenters. The smallest absolute Gasteiger partial charge is 0.228 e. The predicted octanol–water partition coefficient (Wildman–Crippen LogP) is 2.03. The molecule has 3 nitrogen and oxygen atoms in total.